The van der Waals surface area contributed by atoms with Gasteiger partial charge in [-0.15, -0.1) is 11.3 Å². The van der Waals surface area contributed by atoms with Gasteiger partial charge in [0.15, 0.2) is 0 Å². The van der Waals surface area contributed by atoms with Crippen LogP contribution in [0.3, 0.4) is 0 Å². The Morgan fingerprint density at radius 2 is 2.15 bits per heavy atom. The van der Waals surface area contributed by atoms with E-state index in [9.17, 15) is 9.59 Å². The second-order valence-corrected chi connectivity index (χ2v) is 5.59. The van der Waals surface area contributed by atoms with Crippen LogP contribution in [0.25, 0.3) is 0 Å². The van der Waals surface area contributed by atoms with Gasteiger partial charge in [-0.3, -0.25) is 9.59 Å². The largest absolute Gasteiger partial charge is 0.465 e. The fourth-order valence-electron chi connectivity index (χ4n) is 1.83. The molecule has 1 atom stereocenters. The second-order valence-electron chi connectivity index (χ2n) is 4.65. The first-order valence-corrected chi connectivity index (χ1v) is 7.40. The Labute approximate surface area is 123 Å². The number of nitrogens with one attached hydrogen (secondary N) is 1. The summed E-state index contributed by atoms with van der Waals surface area (Å²) < 4.78 is 5.04. The van der Waals surface area contributed by atoms with Gasteiger partial charge < -0.3 is 4.74 Å². The van der Waals surface area contributed by atoms with E-state index in [1.807, 2.05) is 19.2 Å². The number of amides is 1. The molecule has 0 saturated carbocycles. The van der Waals surface area contributed by atoms with Crippen molar-refractivity contribution in [3.63, 3.8) is 0 Å². The maximum Gasteiger partial charge on any atom is 0.314 e. The van der Waals surface area contributed by atoms with E-state index in [0.29, 0.717) is 17.2 Å². The fraction of sp³-hybridized carbons (Fsp3) is 0.500. The second kappa shape index (κ2) is 7.79. The van der Waals surface area contributed by atoms with Crippen molar-refractivity contribution in [2.45, 2.75) is 27.7 Å². The summed E-state index contributed by atoms with van der Waals surface area (Å²) in [7, 11) is 0. The van der Waals surface area contributed by atoms with Crippen LogP contribution in [0.15, 0.2) is 22.6 Å². The number of nitrogens with zero attached hydrogens (tertiary/aromatic N) is 1. The number of carbonyl (C=O) groups is 2. The molecule has 0 spiro atoms. The van der Waals surface area contributed by atoms with E-state index in [1.165, 1.54) is 11.3 Å². The van der Waals surface area contributed by atoms with Crippen molar-refractivity contribution >= 4 is 28.9 Å². The normalized spacial score (nSPS) is 13.2. The van der Waals surface area contributed by atoms with E-state index >= 15 is 0 Å². The molecule has 1 amide bonds. The van der Waals surface area contributed by atoms with E-state index in [2.05, 4.69) is 10.5 Å². The minimum absolute atomic E-state index is 0.0523. The first-order chi connectivity index (χ1) is 9.47. The monoisotopic (exact) mass is 296 g/mol. The zero-order chi connectivity index (χ0) is 15.1. The van der Waals surface area contributed by atoms with Crippen LogP contribution in [0.2, 0.25) is 0 Å². The molecule has 0 radical (unpaired) electrons. The van der Waals surface area contributed by atoms with Crippen LogP contribution in [-0.2, 0) is 9.53 Å². The molecule has 0 fully saturated rings. The molecular formula is C14H20N2O3S. The van der Waals surface area contributed by atoms with Crippen LogP contribution >= 0.6 is 11.3 Å². The molecule has 0 aromatic carbocycles. The molecule has 20 heavy (non-hydrogen) atoms. The Bertz CT molecular complexity index is 481. The average molecular weight is 296 g/mol. The Balaban J connectivity index is 2.74. The van der Waals surface area contributed by atoms with Gasteiger partial charge >= 0.3 is 5.97 Å². The zero-order valence-electron chi connectivity index (χ0n) is 12.2. The van der Waals surface area contributed by atoms with Crippen molar-refractivity contribution in [2.75, 3.05) is 6.61 Å². The summed E-state index contributed by atoms with van der Waals surface area (Å²) in [5, 5.41) is 5.85. The van der Waals surface area contributed by atoms with E-state index < -0.39 is 5.92 Å². The third kappa shape index (κ3) is 4.45. The van der Waals surface area contributed by atoms with Gasteiger partial charge in [-0.2, -0.15) is 5.10 Å². The standard InChI is InChI=1S/C14H20N2O3S/c1-5-19-14(18)12(9(2)3)10(4)15-16-13(17)11-7-6-8-20-11/h6-9,12H,5H2,1-4H3,(H,16,17)/b15-10+/t12-/m1/s1. The quantitative estimate of drug-likeness (QED) is 0.498. The summed E-state index contributed by atoms with van der Waals surface area (Å²) in [4.78, 5) is 24.2. The van der Waals surface area contributed by atoms with E-state index in [1.54, 1.807) is 26.0 Å². The summed E-state index contributed by atoms with van der Waals surface area (Å²) in [5.41, 5.74) is 3.01. The highest BCUT2D eigenvalue weighted by atomic mass is 32.1. The number of carbonyl (C=O) groups excluding carboxylic acids is 2. The van der Waals surface area contributed by atoms with Crippen molar-refractivity contribution < 1.29 is 14.3 Å². The lowest BCUT2D eigenvalue weighted by Gasteiger charge is -2.18. The fourth-order valence-corrected chi connectivity index (χ4v) is 2.44. The van der Waals surface area contributed by atoms with Gasteiger partial charge in [0.1, 0.15) is 0 Å². The maximum atomic E-state index is 11.9. The summed E-state index contributed by atoms with van der Waals surface area (Å²) in [6, 6.07) is 3.52. The molecule has 110 valence electrons. The Hall–Kier alpha value is -1.69. The summed E-state index contributed by atoms with van der Waals surface area (Å²) in [6.07, 6.45) is 0. The van der Waals surface area contributed by atoms with Gasteiger partial charge in [0.05, 0.1) is 17.4 Å². The molecule has 0 aliphatic rings. The highest BCUT2D eigenvalue weighted by molar-refractivity contribution is 7.12. The molecule has 1 N–H and O–H groups in total. The summed E-state index contributed by atoms with van der Waals surface area (Å²) in [6.45, 7) is 7.65. The predicted molar refractivity (Wildman–Crippen MR) is 79.9 cm³/mol. The number of hydrogen-bond donors (Lipinski definition) is 1. The highest BCUT2D eigenvalue weighted by Gasteiger charge is 2.26. The van der Waals surface area contributed by atoms with Crippen molar-refractivity contribution in [2.24, 2.45) is 16.9 Å². The summed E-state index contributed by atoms with van der Waals surface area (Å²) in [5.74, 6) is -0.977. The third-order valence-electron chi connectivity index (χ3n) is 2.74. The van der Waals surface area contributed by atoms with Gasteiger partial charge in [0, 0.05) is 5.71 Å². The van der Waals surface area contributed by atoms with E-state index in [-0.39, 0.29) is 17.8 Å². The number of thiophene rings is 1. The van der Waals surface area contributed by atoms with Gasteiger partial charge in [-0.1, -0.05) is 19.9 Å². The molecule has 5 nitrogen and oxygen atoms in total. The van der Waals surface area contributed by atoms with Gasteiger partial charge in [0.25, 0.3) is 5.91 Å². The average Bonchev–Trinajstić information content (AvgIpc) is 2.89. The number of ether oxygens (including phenoxy) is 1. The lowest BCUT2D eigenvalue weighted by atomic mass is 9.92. The van der Waals surface area contributed by atoms with Crippen molar-refractivity contribution in [1.29, 1.82) is 0 Å². The van der Waals surface area contributed by atoms with E-state index in [4.69, 9.17) is 4.74 Å². The number of esters is 1. The Morgan fingerprint density at radius 3 is 2.65 bits per heavy atom. The zero-order valence-corrected chi connectivity index (χ0v) is 13.0. The molecule has 0 aliphatic carbocycles. The SMILES string of the molecule is CCOC(=O)[C@@H](/C(C)=N/NC(=O)c1cccs1)C(C)C. The molecular weight excluding hydrogens is 276 g/mol. The molecule has 0 aliphatic heterocycles. The van der Waals surface area contributed by atoms with Crippen LogP contribution in [0.4, 0.5) is 0 Å². The maximum absolute atomic E-state index is 11.9. The first-order valence-electron chi connectivity index (χ1n) is 6.52. The molecule has 1 aromatic rings. The van der Waals surface area contributed by atoms with Crippen LogP contribution in [0, 0.1) is 11.8 Å². The van der Waals surface area contributed by atoms with Crippen LogP contribution in [0.5, 0.6) is 0 Å². The van der Waals surface area contributed by atoms with Crippen LogP contribution in [0.1, 0.15) is 37.4 Å². The van der Waals surface area contributed by atoms with E-state index in [0.717, 1.165) is 0 Å². The summed E-state index contributed by atoms with van der Waals surface area (Å²) >= 11 is 1.34. The number of hydrogen-bond acceptors (Lipinski definition) is 5. The molecule has 0 saturated heterocycles. The Morgan fingerprint density at radius 1 is 1.45 bits per heavy atom. The predicted octanol–water partition coefficient (Wildman–Crippen LogP) is 2.69. The highest BCUT2D eigenvalue weighted by Crippen LogP contribution is 2.15. The smallest absolute Gasteiger partial charge is 0.314 e. The Kier molecular flexibility index (Phi) is 6.38. The minimum Gasteiger partial charge on any atom is -0.465 e. The molecule has 1 rings (SSSR count). The lowest BCUT2D eigenvalue weighted by molar-refractivity contribution is -0.146. The third-order valence-corrected chi connectivity index (χ3v) is 3.60. The minimum atomic E-state index is -0.446. The van der Waals surface area contributed by atoms with Crippen molar-refractivity contribution in [3.05, 3.63) is 22.4 Å². The van der Waals surface area contributed by atoms with Crippen LogP contribution < -0.4 is 5.43 Å². The van der Waals surface area contributed by atoms with Gasteiger partial charge in [-0.05, 0) is 31.2 Å². The molecule has 0 unspecified atom stereocenters. The van der Waals surface area contributed by atoms with Crippen molar-refractivity contribution in [1.82, 2.24) is 5.43 Å². The van der Waals surface area contributed by atoms with Gasteiger partial charge in [0.2, 0.25) is 0 Å². The first kappa shape index (κ1) is 16.4. The molecule has 6 heteroatoms. The molecule has 0 bridgehead atoms. The lowest BCUT2D eigenvalue weighted by Crippen LogP contribution is -2.31. The topological polar surface area (TPSA) is 67.8 Å². The van der Waals surface area contributed by atoms with Crippen LogP contribution in [-0.4, -0.2) is 24.2 Å². The number of rotatable bonds is 6. The molecule has 1 aromatic heterocycles. The van der Waals surface area contributed by atoms with Gasteiger partial charge in [-0.25, -0.2) is 5.43 Å². The molecule has 1 heterocycles. The van der Waals surface area contributed by atoms with Crippen molar-refractivity contribution in [3.8, 4) is 0 Å². The number of hydrazone groups is 1.